The zero-order chi connectivity index (χ0) is 16.9. The van der Waals surface area contributed by atoms with E-state index in [0.717, 1.165) is 0 Å². The smallest absolute Gasteiger partial charge is 0.308 e. The lowest BCUT2D eigenvalue weighted by atomic mass is 9.84. The SMILES string of the molecule is CC(C)(C)C(=O)O.CCCCC(N)(CCCC)CCCC. The molecule has 0 aromatic carbocycles. The van der Waals surface area contributed by atoms with Gasteiger partial charge in [0.25, 0.3) is 0 Å². The van der Waals surface area contributed by atoms with Crippen LogP contribution < -0.4 is 5.73 Å². The van der Waals surface area contributed by atoms with E-state index in [-0.39, 0.29) is 5.54 Å². The van der Waals surface area contributed by atoms with Crippen molar-refractivity contribution in [3.63, 3.8) is 0 Å². The maximum absolute atomic E-state index is 10.0. The van der Waals surface area contributed by atoms with Crippen LogP contribution in [0.1, 0.15) is 99.3 Å². The third kappa shape index (κ3) is 14.1. The highest BCUT2D eigenvalue weighted by molar-refractivity contribution is 5.72. The first kappa shape index (κ1) is 22.7. The zero-order valence-corrected chi connectivity index (χ0v) is 15.3. The second kappa shape index (κ2) is 12.0. The number of carboxylic acids is 1. The average molecular weight is 302 g/mol. The topological polar surface area (TPSA) is 63.3 Å². The molecule has 0 aromatic rings. The van der Waals surface area contributed by atoms with Crippen molar-refractivity contribution in [2.75, 3.05) is 0 Å². The van der Waals surface area contributed by atoms with Crippen LogP contribution in [0.15, 0.2) is 0 Å². The Labute approximate surface area is 132 Å². The maximum atomic E-state index is 10.0. The summed E-state index contributed by atoms with van der Waals surface area (Å²) >= 11 is 0. The van der Waals surface area contributed by atoms with Gasteiger partial charge in [-0.25, -0.2) is 0 Å². The summed E-state index contributed by atoms with van der Waals surface area (Å²) in [6, 6.07) is 0. The van der Waals surface area contributed by atoms with Crippen molar-refractivity contribution >= 4 is 5.97 Å². The number of rotatable bonds is 9. The Kier molecular flexibility index (Phi) is 13.0. The second-order valence-corrected chi connectivity index (χ2v) is 7.23. The first-order valence-electron chi connectivity index (χ1n) is 8.65. The van der Waals surface area contributed by atoms with Crippen LogP contribution in [-0.4, -0.2) is 16.6 Å². The summed E-state index contributed by atoms with van der Waals surface area (Å²) in [6.07, 6.45) is 11.4. The largest absolute Gasteiger partial charge is 0.481 e. The zero-order valence-electron chi connectivity index (χ0n) is 15.3. The molecular weight excluding hydrogens is 262 g/mol. The molecule has 0 aliphatic heterocycles. The van der Waals surface area contributed by atoms with Gasteiger partial charge in [-0.2, -0.15) is 0 Å². The minimum absolute atomic E-state index is 0.155. The summed E-state index contributed by atoms with van der Waals surface area (Å²) in [5.74, 6) is -0.757. The number of nitrogens with two attached hydrogens (primary N) is 1. The van der Waals surface area contributed by atoms with Crippen molar-refractivity contribution in [3.05, 3.63) is 0 Å². The number of carboxylic acid groups (broad SMARTS) is 1. The molecule has 0 aromatic heterocycles. The molecule has 3 heteroatoms. The first-order chi connectivity index (χ1) is 9.63. The van der Waals surface area contributed by atoms with E-state index in [2.05, 4.69) is 20.8 Å². The molecule has 0 aliphatic rings. The summed E-state index contributed by atoms with van der Waals surface area (Å²) in [5, 5.41) is 8.25. The summed E-state index contributed by atoms with van der Waals surface area (Å²) in [5.41, 5.74) is 6.03. The molecule has 0 bridgehead atoms. The van der Waals surface area contributed by atoms with Crippen LogP contribution in [0.25, 0.3) is 0 Å². The van der Waals surface area contributed by atoms with Gasteiger partial charge in [0.15, 0.2) is 0 Å². The Hall–Kier alpha value is -0.570. The van der Waals surface area contributed by atoms with Crippen molar-refractivity contribution < 1.29 is 9.90 Å². The molecule has 0 rings (SSSR count). The standard InChI is InChI=1S/C13H29N.C5H10O2/c1-4-7-10-13(14,11-8-5-2)12-9-6-3;1-5(2,3)4(6)7/h4-12,14H2,1-3H3;1-3H3,(H,6,7). The molecule has 0 saturated carbocycles. The van der Waals surface area contributed by atoms with E-state index in [4.69, 9.17) is 10.8 Å². The summed E-state index contributed by atoms with van der Waals surface area (Å²) in [4.78, 5) is 10.0. The van der Waals surface area contributed by atoms with E-state index in [1.54, 1.807) is 20.8 Å². The monoisotopic (exact) mass is 301 g/mol. The maximum Gasteiger partial charge on any atom is 0.308 e. The lowest BCUT2D eigenvalue weighted by Gasteiger charge is -2.29. The van der Waals surface area contributed by atoms with Crippen LogP contribution in [0.5, 0.6) is 0 Å². The summed E-state index contributed by atoms with van der Waals surface area (Å²) in [6.45, 7) is 11.7. The van der Waals surface area contributed by atoms with Crippen molar-refractivity contribution in [2.24, 2.45) is 11.1 Å². The van der Waals surface area contributed by atoms with Crippen LogP contribution in [0.2, 0.25) is 0 Å². The van der Waals surface area contributed by atoms with Gasteiger partial charge in [-0.1, -0.05) is 59.3 Å². The third-order valence-corrected chi connectivity index (χ3v) is 3.73. The summed E-state index contributed by atoms with van der Waals surface area (Å²) in [7, 11) is 0. The number of aliphatic carboxylic acids is 1. The van der Waals surface area contributed by atoms with Gasteiger partial charge in [0.2, 0.25) is 0 Å². The predicted molar refractivity (Wildman–Crippen MR) is 92.6 cm³/mol. The Morgan fingerprint density at radius 1 is 0.857 bits per heavy atom. The van der Waals surface area contributed by atoms with Crippen LogP contribution in [0.4, 0.5) is 0 Å². The number of hydrogen-bond acceptors (Lipinski definition) is 2. The highest BCUT2D eigenvalue weighted by Crippen LogP contribution is 2.24. The molecule has 0 fully saturated rings. The van der Waals surface area contributed by atoms with Crippen molar-refractivity contribution in [3.8, 4) is 0 Å². The molecule has 0 heterocycles. The fourth-order valence-corrected chi connectivity index (χ4v) is 1.96. The molecule has 3 nitrogen and oxygen atoms in total. The lowest BCUT2D eigenvalue weighted by molar-refractivity contribution is -0.145. The Bertz CT molecular complexity index is 235. The molecule has 0 atom stereocenters. The Morgan fingerprint density at radius 2 is 1.10 bits per heavy atom. The molecule has 0 unspecified atom stereocenters. The fraction of sp³-hybridized carbons (Fsp3) is 0.944. The van der Waals surface area contributed by atoms with E-state index >= 15 is 0 Å². The van der Waals surface area contributed by atoms with Crippen LogP contribution in [-0.2, 0) is 4.79 Å². The minimum atomic E-state index is -0.757. The average Bonchev–Trinajstić information content (AvgIpc) is 2.40. The fourth-order valence-electron chi connectivity index (χ4n) is 1.96. The van der Waals surface area contributed by atoms with E-state index in [1.807, 2.05) is 0 Å². The van der Waals surface area contributed by atoms with Gasteiger partial charge in [0, 0.05) is 5.54 Å². The highest BCUT2D eigenvalue weighted by atomic mass is 16.4. The van der Waals surface area contributed by atoms with E-state index in [0.29, 0.717) is 0 Å². The molecular formula is C18H39NO2. The normalized spacial score (nSPS) is 11.8. The molecule has 3 N–H and O–H groups in total. The third-order valence-electron chi connectivity index (χ3n) is 3.73. The van der Waals surface area contributed by atoms with Crippen molar-refractivity contribution in [1.82, 2.24) is 0 Å². The molecule has 128 valence electrons. The molecule has 0 saturated heterocycles. The second-order valence-electron chi connectivity index (χ2n) is 7.23. The Balaban J connectivity index is 0. The van der Waals surface area contributed by atoms with E-state index in [9.17, 15) is 4.79 Å². The van der Waals surface area contributed by atoms with Crippen LogP contribution >= 0.6 is 0 Å². The van der Waals surface area contributed by atoms with Gasteiger partial charge in [0.1, 0.15) is 0 Å². The first-order valence-corrected chi connectivity index (χ1v) is 8.65. The van der Waals surface area contributed by atoms with Crippen LogP contribution in [0.3, 0.4) is 0 Å². The van der Waals surface area contributed by atoms with E-state index < -0.39 is 11.4 Å². The van der Waals surface area contributed by atoms with E-state index in [1.165, 1.54) is 57.8 Å². The highest BCUT2D eigenvalue weighted by Gasteiger charge is 2.22. The number of carbonyl (C=O) groups is 1. The van der Waals surface area contributed by atoms with Gasteiger partial charge >= 0.3 is 5.97 Å². The quantitative estimate of drug-likeness (QED) is 0.601. The van der Waals surface area contributed by atoms with Gasteiger partial charge in [-0.15, -0.1) is 0 Å². The summed E-state index contributed by atoms with van der Waals surface area (Å²) < 4.78 is 0. The molecule has 0 aliphatic carbocycles. The lowest BCUT2D eigenvalue weighted by Crippen LogP contribution is -2.39. The van der Waals surface area contributed by atoms with Crippen molar-refractivity contribution in [1.29, 1.82) is 0 Å². The molecule has 0 spiro atoms. The predicted octanol–water partition coefficient (Wildman–Crippen LogP) is 5.37. The van der Waals surface area contributed by atoms with Gasteiger partial charge in [-0.3, -0.25) is 4.79 Å². The molecule has 0 radical (unpaired) electrons. The van der Waals surface area contributed by atoms with Crippen LogP contribution in [0, 0.1) is 5.41 Å². The number of unbranched alkanes of at least 4 members (excludes halogenated alkanes) is 3. The van der Waals surface area contributed by atoms with Gasteiger partial charge < -0.3 is 10.8 Å². The minimum Gasteiger partial charge on any atom is -0.481 e. The van der Waals surface area contributed by atoms with Gasteiger partial charge in [-0.05, 0) is 40.0 Å². The molecule has 0 amide bonds. The van der Waals surface area contributed by atoms with Gasteiger partial charge in [0.05, 0.1) is 5.41 Å². The Morgan fingerprint density at radius 3 is 1.24 bits per heavy atom. The van der Waals surface area contributed by atoms with Crippen molar-refractivity contribution in [2.45, 2.75) is 105 Å². The number of hydrogen-bond donors (Lipinski definition) is 2. The molecule has 21 heavy (non-hydrogen) atoms.